The zero-order valence-corrected chi connectivity index (χ0v) is 12.3. The number of halogens is 3. The van der Waals surface area contributed by atoms with Crippen molar-refractivity contribution in [2.24, 2.45) is 5.73 Å². The number of nitrogens with one attached hydrogen (secondary N) is 1. The average Bonchev–Trinajstić information content (AvgIpc) is 2.36. The van der Waals surface area contributed by atoms with Crippen LogP contribution in [-0.4, -0.2) is 38.0 Å². The molecule has 0 bridgehead atoms. The fourth-order valence-corrected chi connectivity index (χ4v) is 2.01. The van der Waals surface area contributed by atoms with Gasteiger partial charge in [0.15, 0.2) is 0 Å². The number of hydrogen-bond donors (Lipinski definition) is 2. The van der Waals surface area contributed by atoms with Gasteiger partial charge >= 0.3 is 6.18 Å². The minimum absolute atomic E-state index is 0.163. The normalized spacial score (nSPS) is 15.0. The van der Waals surface area contributed by atoms with Crippen molar-refractivity contribution in [3.05, 3.63) is 35.4 Å². The van der Waals surface area contributed by atoms with Crippen LogP contribution in [0.2, 0.25) is 0 Å². The van der Waals surface area contributed by atoms with E-state index in [1.54, 1.807) is 0 Å². The maximum atomic E-state index is 13.1. The molecule has 0 saturated heterocycles. The van der Waals surface area contributed by atoms with Crippen LogP contribution in [0.5, 0.6) is 0 Å². The Morgan fingerprint density at radius 1 is 1.24 bits per heavy atom. The van der Waals surface area contributed by atoms with E-state index in [0.717, 1.165) is 6.07 Å². The molecule has 1 atom stereocenters. The van der Waals surface area contributed by atoms with E-state index in [1.807, 2.05) is 19.0 Å². The number of nitrogens with zero attached hydrogens (tertiary/aromatic N) is 1. The molecule has 0 aromatic heterocycles. The van der Waals surface area contributed by atoms with Crippen LogP contribution in [-0.2, 0) is 16.5 Å². The fourth-order valence-electron chi connectivity index (χ4n) is 2.01. The van der Waals surface area contributed by atoms with E-state index < -0.39 is 23.2 Å². The Bertz CT molecular complexity index is 502. The lowest BCUT2D eigenvalue weighted by Gasteiger charge is -2.31. The molecule has 1 amide bonds. The summed E-state index contributed by atoms with van der Waals surface area (Å²) in [5, 5.41) is 2.84. The van der Waals surface area contributed by atoms with Crippen LogP contribution < -0.4 is 11.1 Å². The maximum absolute atomic E-state index is 13.1. The van der Waals surface area contributed by atoms with Gasteiger partial charge in [-0.1, -0.05) is 18.2 Å². The number of primary amides is 1. The number of benzene rings is 1. The largest absolute Gasteiger partial charge is 0.416 e. The summed E-state index contributed by atoms with van der Waals surface area (Å²) in [6.45, 7) is 2.27. The summed E-state index contributed by atoms with van der Waals surface area (Å²) in [7, 11) is 3.65. The first-order valence-corrected chi connectivity index (χ1v) is 6.45. The standard InChI is InChI=1S/C14H20F3N3O/c1-13(12(18)21,19-8-9-20(2)3)10-6-4-5-7-11(10)14(15,16)17/h4-7,19H,8-9H2,1-3H3,(H2,18,21). The van der Waals surface area contributed by atoms with Crippen molar-refractivity contribution in [1.82, 2.24) is 10.2 Å². The maximum Gasteiger partial charge on any atom is 0.416 e. The smallest absolute Gasteiger partial charge is 0.368 e. The molecule has 3 N–H and O–H groups in total. The third-order valence-electron chi connectivity index (χ3n) is 3.30. The highest BCUT2D eigenvalue weighted by Gasteiger charge is 2.42. The van der Waals surface area contributed by atoms with E-state index in [9.17, 15) is 18.0 Å². The molecule has 0 aliphatic rings. The summed E-state index contributed by atoms with van der Waals surface area (Å²) < 4.78 is 39.3. The molecule has 1 unspecified atom stereocenters. The first-order valence-electron chi connectivity index (χ1n) is 6.45. The summed E-state index contributed by atoms with van der Waals surface area (Å²) in [6, 6.07) is 4.97. The van der Waals surface area contributed by atoms with Gasteiger partial charge in [0.2, 0.25) is 5.91 Å². The zero-order valence-electron chi connectivity index (χ0n) is 12.3. The van der Waals surface area contributed by atoms with Gasteiger partial charge in [-0.2, -0.15) is 13.2 Å². The average molecular weight is 303 g/mol. The quantitative estimate of drug-likeness (QED) is 0.838. The first kappa shape index (κ1) is 17.5. The fraction of sp³-hybridized carbons (Fsp3) is 0.500. The van der Waals surface area contributed by atoms with Gasteiger partial charge < -0.3 is 10.6 Å². The van der Waals surface area contributed by atoms with Crippen molar-refractivity contribution in [3.8, 4) is 0 Å². The zero-order chi connectivity index (χ0) is 16.3. The third kappa shape index (κ3) is 4.18. The van der Waals surface area contributed by atoms with Crippen LogP contribution in [0.25, 0.3) is 0 Å². The van der Waals surface area contributed by atoms with Gasteiger partial charge in [-0.15, -0.1) is 0 Å². The Labute approximate surface area is 122 Å². The van der Waals surface area contributed by atoms with Crippen molar-refractivity contribution in [3.63, 3.8) is 0 Å². The van der Waals surface area contributed by atoms with Gasteiger partial charge in [-0.25, -0.2) is 0 Å². The van der Waals surface area contributed by atoms with E-state index in [-0.39, 0.29) is 5.56 Å². The lowest BCUT2D eigenvalue weighted by Crippen LogP contribution is -2.52. The Hall–Kier alpha value is -1.60. The molecule has 118 valence electrons. The van der Waals surface area contributed by atoms with Crippen molar-refractivity contribution < 1.29 is 18.0 Å². The molecule has 0 spiro atoms. The topological polar surface area (TPSA) is 58.4 Å². The molecule has 0 aliphatic heterocycles. The lowest BCUT2D eigenvalue weighted by molar-refractivity contribution is -0.139. The SMILES string of the molecule is CN(C)CCNC(C)(C(N)=O)c1ccccc1C(F)(F)F. The summed E-state index contributed by atoms with van der Waals surface area (Å²) in [4.78, 5) is 13.6. The van der Waals surface area contributed by atoms with Crippen LogP contribution >= 0.6 is 0 Å². The highest BCUT2D eigenvalue weighted by Crippen LogP contribution is 2.36. The molecule has 0 aliphatic carbocycles. The minimum Gasteiger partial charge on any atom is -0.368 e. The van der Waals surface area contributed by atoms with Crippen molar-refractivity contribution in [1.29, 1.82) is 0 Å². The number of hydrogen-bond acceptors (Lipinski definition) is 3. The van der Waals surface area contributed by atoms with Gasteiger partial charge in [0, 0.05) is 13.1 Å². The molecular formula is C14H20F3N3O. The second-order valence-electron chi connectivity index (χ2n) is 5.26. The Balaban J connectivity index is 3.20. The predicted octanol–water partition coefficient (Wildman–Crippen LogP) is 1.56. The summed E-state index contributed by atoms with van der Waals surface area (Å²) in [5.74, 6) is -0.849. The molecule has 0 radical (unpaired) electrons. The van der Waals surface area contributed by atoms with Gasteiger partial charge in [0.1, 0.15) is 5.54 Å². The molecule has 1 rings (SSSR count). The second kappa shape index (κ2) is 6.44. The van der Waals surface area contributed by atoms with E-state index >= 15 is 0 Å². The van der Waals surface area contributed by atoms with Gasteiger partial charge in [0.25, 0.3) is 0 Å². The van der Waals surface area contributed by atoms with Gasteiger partial charge in [0.05, 0.1) is 5.56 Å². The number of amides is 1. The molecule has 1 aromatic carbocycles. The highest BCUT2D eigenvalue weighted by molar-refractivity contribution is 5.86. The van der Waals surface area contributed by atoms with Crippen molar-refractivity contribution in [2.45, 2.75) is 18.6 Å². The summed E-state index contributed by atoms with van der Waals surface area (Å²) in [5.41, 5.74) is 2.75. The van der Waals surface area contributed by atoms with Crippen LogP contribution in [0.3, 0.4) is 0 Å². The number of carbonyl (C=O) groups is 1. The molecule has 0 fully saturated rings. The molecule has 1 aromatic rings. The Morgan fingerprint density at radius 3 is 2.19 bits per heavy atom. The van der Waals surface area contributed by atoms with Crippen molar-refractivity contribution >= 4 is 5.91 Å². The molecule has 4 nitrogen and oxygen atoms in total. The van der Waals surface area contributed by atoms with Crippen LogP contribution in [0.1, 0.15) is 18.1 Å². The van der Waals surface area contributed by atoms with Gasteiger partial charge in [-0.3, -0.25) is 10.1 Å². The highest BCUT2D eigenvalue weighted by atomic mass is 19.4. The van der Waals surface area contributed by atoms with E-state index in [2.05, 4.69) is 5.32 Å². The second-order valence-corrected chi connectivity index (χ2v) is 5.26. The number of likely N-dealkylation sites (N-methyl/N-ethyl adjacent to an activating group) is 1. The monoisotopic (exact) mass is 303 g/mol. The Morgan fingerprint density at radius 2 is 1.76 bits per heavy atom. The number of carbonyl (C=O) groups excluding carboxylic acids is 1. The van der Waals surface area contributed by atoms with Crippen LogP contribution in [0.4, 0.5) is 13.2 Å². The van der Waals surface area contributed by atoms with E-state index in [1.165, 1.54) is 25.1 Å². The Kier molecular flexibility index (Phi) is 5.36. The first-order chi connectivity index (χ1) is 9.59. The molecule has 21 heavy (non-hydrogen) atoms. The number of rotatable bonds is 6. The summed E-state index contributed by atoms with van der Waals surface area (Å²) >= 11 is 0. The van der Waals surface area contributed by atoms with E-state index in [4.69, 9.17) is 5.73 Å². The molecule has 0 heterocycles. The summed E-state index contributed by atoms with van der Waals surface area (Å²) in [6.07, 6.45) is -4.55. The predicted molar refractivity (Wildman–Crippen MR) is 74.5 cm³/mol. The lowest BCUT2D eigenvalue weighted by atomic mass is 9.87. The minimum atomic E-state index is -4.55. The van der Waals surface area contributed by atoms with Gasteiger partial charge in [-0.05, 0) is 32.6 Å². The molecular weight excluding hydrogens is 283 g/mol. The van der Waals surface area contributed by atoms with Crippen LogP contribution in [0, 0.1) is 0 Å². The van der Waals surface area contributed by atoms with E-state index in [0.29, 0.717) is 13.1 Å². The third-order valence-corrected chi connectivity index (χ3v) is 3.30. The van der Waals surface area contributed by atoms with Crippen molar-refractivity contribution in [2.75, 3.05) is 27.2 Å². The molecule has 7 heteroatoms. The number of alkyl halides is 3. The number of nitrogens with two attached hydrogens (primary N) is 1. The molecule has 0 saturated carbocycles. The van der Waals surface area contributed by atoms with Crippen LogP contribution in [0.15, 0.2) is 24.3 Å².